The molecule has 1 aliphatic rings. The number of nitrogens with one attached hydrogen (secondary N) is 1. The third-order valence-corrected chi connectivity index (χ3v) is 3.63. The quantitative estimate of drug-likeness (QED) is 0.718. The zero-order valence-electron chi connectivity index (χ0n) is 11.4. The minimum absolute atomic E-state index is 0.260. The molecule has 0 aromatic heterocycles. The highest BCUT2D eigenvalue weighted by atomic mass is 15.2. The molecule has 1 aliphatic heterocycles. The van der Waals surface area contributed by atoms with Gasteiger partial charge in [-0.15, -0.1) is 0 Å². The maximum atomic E-state index is 3.62. The van der Waals surface area contributed by atoms with E-state index in [2.05, 4.69) is 51.8 Å². The van der Waals surface area contributed by atoms with Gasteiger partial charge in [0.25, 0.3) is 0 Å². The Morgan fingerprint density at radius 1 is 1.27 bits per heavy atom. The maximum absolute atomic E-state index is 3.62. The predicted octanol–water partition coefficient (Wildman–Crippen LogP) is 2.49. The largest absolute Gasteiger partial charge is 0.310 e. The summed E-state index contributed by atoms with van der Waals surface area (Å²) in [5.41, 5.74) is 0.635. The van der Waals surface area contributed by atoms with Crippen LogP contribution in [0, 0.1) is 5.41 Å². The molecule has 0 bridgehead atoms. The molecule has 90 valence electrons. The second-order valence-corrected chi connectivity index (χ2v) is 6.68. The molecule has 0 aromatic rings. The molecule has 1 heterocycles. The lowest BCUT2D eigenvalue weighted by Crippen LogP contribution is -2.51. The number of hydrogen-bond donors (Lipinski definition) is 1. The molecular weight excluding hydrogens is 184 g/mol. The molecule has 1 fully saturated rings. The van der Waals surface area contributed by atoms with Gasteiger partial charge in [-0.2, -0.15) is 0 Å². The summed E-state index contributed by atoms with van der Waals surface area (Å²) in [6.07, 6.45) is 1.27. The van der Waals surface area contributed by atoms with Crippen molar-refractivity contribution in [1.82, 2.24) is 10.2 Å². The molecule has 0 spiro atoms. The van der Waals surface area contributed by atoms with Gasteiger partial charge in [-0.25, -0.2) is 0 Å². The monoisotopic (exact) mass is 212 g/mol. The number of rotatable bonds is 1. The van der Waals surface area contributed by atoms with Gasteiger partial charge in [-0.3, -0.25) is 4.90 Å². The molecule has 0 aliphatic carbocycles. The zero-order valence-corrected chi connectivity index (χ0v) is 11.4. The molecule has 15 heavy (non-hydrogen) atoms. The fraction of sp³-hybridized carbons (Fsp3) is 1.00. The summed E-state index contributed by atoms with van der Waals surface area (Å²) < 4.78 is 0. The zero-order chi connectivity index (χ0) is 11.7. The Labute approximate surface area is 95.4 Å². The van der Waals surface area contributed by atoms with Crippen molar-refractivity contribution in [2.75, 3.05) is 19.6 Å². The summed E-state index contributed by atoms with van der Waals surface area (Å²) in [6.45, 7) is 17.5. The normalized spacial score (nSPS) is 26.0. The minimum Gasteiger partial charge on any atom is -0.310 e. The summed E-state index contributed by atoms with van der Waals surface area (Å²) in [7, 11) is 0. The van der Waals surface area contributed by atoms with Crippen molar-refractivity contribution in [3.63, 3.8) is 0 Å². The standard InChI is InChI=1S/C13H28N2/c1-11(12(2,3)4)15-9-7-8-14-13(5,6)10-15/h11,14H,7-10H2,1-6H3. The Bertz CT molecular complexity index is 203. The van der Waals surface area contributed by atoms with Gasteiger partial charge < -0.3 is 5.32 Å². The highest BCUT2D eigenvalue weighted by Crippen LogP contribution is 2.26. The van der Waals surface area contributed by atoms with Gasteiger partial charge in [-0.05, 0) is 45.7 Å². The van der Waals surface area contributed by atoms with Crippen molar-refractivity contribution in [1.29, 1.82) is 0 Å². The van der Waals surface area contributed by atoms with Gasteiger partial charge in [0.15, 0.2) is 0 Å². The van der Waals surface area contributed by atoms with E-state index in [1.165, 1.54) is 13.0 Å². The van der Waals surface area contributed by atoms with Crippen molar-refractivity contribution in [2.24, 2.45) is 5.41 Å². The van der Waals surface area contributed by atoms with Crippen LogP contribution < -0.4 is 5.32 Å². The molecule has 1 atom stereocenters. The van der Waals surface area contributed by atoms with Crippen LogP contribution >= 0.6 is 0 Å². The van der Waals surface area contributed by atoms with E-state index in [0.717, 1.165) is 13.1 Å². The van der Waals surface area contributed by atoms with Crippen LogP contribution in [0.15, 0.2) is 0 Å². The summed E-state index contributed by atoms with van der Waals surface area (Å²) in [5, 5.41) is 3.62. The van der Waals surface area contributed by atoms with Gasteiger partial charge in [0.2, 0.25) is 0 Å². The smallest absolute Gasteiger partial charge is 0.0252 e. The molecule has 1 rings (SSSR count). The summed E-state index contributed by atoms with van der Waals surface area (Å²) in [6, 6.07) is 0.650. The van der Waals surface area contributed by atoms with Crippen molar-refractivity contribution < 1.29 is 0 Å². The Kier molecular flexibility index (Phi) is 3.83. The van der Waals surface area contributed by atoms with E-state index in [4.69, 9.17) is 0 Å². The molecule has 0 amide bonds. The third-order valence-electron chi connectivity index (χ3n) is 3.63. The van der Waals surface area contributed by atoms with Crippen molar-refractivity contribution >= 4 is 0 Å². The lowest BCUT2D eigenvalue weighted by molar-refractivity contribution is 0.0983. The summed E-state index contributed by atoms with van der Waals surface area (Å²) in [4.78, 5) is 2.64. The highest BCUT2D eigenvalue weighted by molar-refractivity contribution is 4.89. The van der Waals surface area contributed by atoms with Crippen LogP contribution in [-0.2, 0) is 0 Å². The first kappa shape index (κ1) is 13.0. The molecule has 1 saturated heterocycles. The Balaban J connectivity index is 2.68. The Hall–Kier alpha value is -0.0800. The first-order valence-corrected chi connectivity index (χ1v) is 6.21. The molecular formula is C13H28N2. The minimum atomic E-state index is 0.260. The first-order valence-electron chi connectivity index (χ1n) is 6.21. The van der Waals surface area contributed by atoms with E-state index in [-0.39, 0.29) is 5.54 Å². The average Bonchev–Trinajstić information content (AvgIpc) is 2.23. The highest BCUT2D eigenvalue weighted by Gasteiger charge is 2.31. The van der Waals surface area contributed by atoms with Crippen molar-refractivity contribution in [3.05, 3.63) is 0 Å². The molecule has 2 heteroatoms. The van der Waals surface area contributed by atoms with Crippen molar-refractivity contribution in [2.45, 2.75) is 59.5 Å². The van der Waals surface area contributed by atoms with Gasteiger partial charge in [0, 0.05) is 18.1 Å². The van der Waals surface area contributed by atoms with Crippen LogP contribution in [0.1, 0.15) is 48.0 Å². The van der Waals surface area contributed by atoms with E-state index in [1.807, 2.05) is 0 Å². The lowest BCUT2D eigenvalue weighted by atomic mass is 9.86. The molecule has 1 unspecified atom stereocenters. The fourth-order valence-corrected chi connectivity index (χ4v) is 2.23. The van der Waals surface area contributed by atoms with Crippen LogP contribution in [0.4, 0.5) is 0 Å². The molecule has 0 saturated carbocycles. The Morgan fingerprint density at radius 2 is 1.87 bits per heavy atom. The van der Waals surface area contributed by atoms with Gasteiger partial charge in [-0.1, -0.05) is 20.8 Å². The van der Waals surface area contributed by atoms with Crippen LogP contribution in [0.2, 0.25) is 0 Å². The van der Waals surface area contributed by atoms with Gasteiger partial charge in [0.1, 0.15) is 0 Å². The number of nitrogens with zero attached hydrogens (tertiary/aromatic N) is 1. The van der Waals surface area contributed by atoms with E-state index in [9.17, 15) is 0 Å². The number of hydrogen-bond acceptors (Lipinski definition) is 2. The predicted molar refractivity (Wildman–Crippen MR) is 67.2 cm³/mol. The van der Waals surface area contributed by atoms with Gasteiger partial charge >= 0.3 is 0 Å². The maximum Gasteiger partial charge on any atom is 0.0252 e. The average molecular weight is 212 g/mol. The summed E-state index contributed by atoms with van der Waals surface area (Å²) in [5.74, 6) is 0. The third kappa shape index (κ3) is 3.76. The SMILES string of the molecule is CC(N1CCCNC(C)(C)C1)C(C)(C)C. The van der Waals surface area contributed by atoms with E-state index < -0.39 is 0 Å². The molecule has 0 aromatic carbocycles. The van der Waals surface area contributed by atoms with Crippen LogP contribution in [0.3, 0.4) is 0 Å². The second-order valence-electron chi connectivity index (χ2n) is 6.68. The van der Waals surface area contributed by atoms with Crippen LogP contribution in [-0.4, -0.2) is 36.1 Å². The Morgan fingerprint density at radius 3 is 2.40 bits per heavy atom. The molecule has 1 N–H and O–H groups in total. The first-order chi connectivity index (χ1) is 6.72. The van der Waals surface area contributed by atoms with E-state index in [1.54, 1.807) is 0 Å². The fourth-order valence-electron chi connectivity index (χ4n) is 2.23. The second kappa shape index (κ2) is 4.42. The topological polar surface area (TPSA) is 15.3 Å². The van der Waals surface area contributed by atoms with Gasteiger partial charge in [0.05, 0.1) is 0 Å². The van der Waals surface area contributed by atoms with E-state index >= 15 is 0 Å². The van der Waals surface area contributed by atoms with Crippen LogP contribution in [0.5, 0.6) is 0 Å². The van der Waals surface area contributed by atoms with Crippen LogP contribution in [0.25, 0.3) is 0 Å². The van der Waals surface area contributed by atoms with Crippen molar-refractivity contribution in [3.8, 4) is 0 Å². The molecule has 0 radical (unpaired) electrons. The summed E-state index contributed by atoms with van der Waals surface area (Å²) >= 11 is 0. The molecule has 2 nitrogen and oxygen atoms in total. The lowest BCUT2D eigenvalue weighted by Gasteiger charge is -2.40. The van der Waals surface area contributed by atoms with E-state index in [0.29, 0.717) is 11.5 Å².